The molecule has 0 bridgehead atoms. The highest BCUT2D eigenvalue weighted by molar-refractivity contribution is 8.00. The van der Waals surface area contributed by atoms with Gasteiger partial charge in [0.25, 0.3) is 0 Å². The first-order valence-corrected chi connectivity index (χ1v) is 14.4. The summed E-state index contributed by atoms with van der Waals surface area (Å²) in [6.07, 6.45) is 1.38. The predicted molar refractivity (Wildman–Crippen MR) is 120 cm³/mol. The maximum atomic E-state index is 11.3. The molecule has 6 unspecified atom stereocenters. The quantitative estimate of drug-likeness (QED) is 0.618. The molecule has 3 rings (SSSR count). The van der Waals surface area contributed by atoms with Crippen molar-refractivity contribution in [3.63, 3.8) is 0 Å². The summed E-state index contributed by atoms with van der Waals surface area (Å²) in [6.45, 7) is 21.3. The molecule has 0 aromatic heterocycles. The Labute approximate surface area is 166 Å². The molecule has 1 N–H and O–H groups in total. The molecule has 2 fully saturated rings. The van der Waals surface area contributed by atoms with Crippen molar-refractivity contribution in [3.8, 4) is 5.75 Å². The fourth-order valence-corrected chi connectivity index (χ4v) is 13.4. The van der Waals surface area contributed by atoms with Crippen molar-refractivity contribution in [2.75, 3.05) is 0 Å². The van der Waals surface area contributed by atoms with Crippen LogP contribution in [0.5, 0.6) is 5.75 Å². The lowest BCUT2D eigenvalue weighted by molar-refractivity contribution is 0.350. The molecule has 3 heteroatoms. The first-order chi connectivity index (χ1) is 11.9. The lowest BCUT2D eigenvalue weighted by atomic mass is 9.85. The zero-order chi connectivity index (χ0) is 19.6. The third-order valence-electron chi connectivity index (χ3n) is 7.43. The first-order valence-electron chi connectivity index (χ1n) is 10.4. The van der Waals surface area contributed by atoms with Crippen LogP contribution in [0.4, 0.5) is 0 Å². The van der Waals surface area contributed by atoms with Crippen LogP contribution < -0.4 is 5.19 Å². The lowest BCUT2D eigenvalue weighted by Gasteiger charge is -2.39. The van der Waals surface area contributed by atoms with Crippen LogP contribution in [0.15, 0.2) is 12.1 Å². The smallest absolute Gasteiger partial charge is 0.118 e. The van der Waals surface area contributed by atoms with E-state index in [1.165, 1.54) is 17.2 Å². The van der Waals surface area contributed by atoms with Crippen LogP contribution in [0.3, 0.4) is 0 Å². The molecule has 0 amide bonds. The van der Waals surface area contributed by atoms with E-state index in [0.717, 1.165) is 39.4 Å². The van der Waals surface area contributed by atoms with Crippen LogP contribution >= 0.6 is 11.8 Å². The molecule has 1 aromatic carbocycles. The van der Waals surface area contributed by atoms with E-state index in [-0.39, 0.29) is 5.41 Å². The number of thioether (sulfide) groups is 1. The van der Waals surface area contributed by atoms with Crippen LogP contribution in [0.2, 0.25) is 18.6 Å². The van der Waals surface area contributed by atoms with Gasteiger partial charge in [-0.05, 0) is 52.8 Å². The molecular weight excluding hydrogens is 352 g/mol. The number of benzene rings is 1. The van der Waals surface area contributed by atoms with E-state index < -0.39 is 8.07 Å². The molecule has 146 valence electrons. The summed E-state index contributed by atoms with van der Waals surface area (Å²) in [6, 6.07) is 4.50. The van der Waals surface area contributed by atoms with Gasteiger partial charge in [0, 0.05) is 10.5 Å². The summed E-state index contributed by atoms with van der Waals surface area (Å²) in [5, 5.41) is 14.2. The minimum atomic E-state index is -1.82. The summed E-state index contributed by atoms with van der Waals surface area (Å²) in [5.41, 5.74) is 3.14. The van der Waals surface area contributed by atoms with Gasteiger partial charge < -0.3 is 5.11 Å². The molecule has 2 aliphatic rings. The van der Waals surface area contributed by atoms with Crippen LogP contribution in [-0.4, -0.2) is 23.7 Å². The molecule has 0 radical (unpaired) electrons. The van der Waals surface area contributed by atoms with E-state index in [4.69, 9.17) is 0 Å². The van der Waals surface area contributed by atoms with Crippen LogP contribution in [0.1, 0.15) is 59.1 Å². The Balaban J connectivity index is 2.10. The van der Waals surface area contributed by atoms with Crippen molar-refractivity contribution in [2.45, 2.75) is 89.4 Å². The van der Waals surface area contributed by atoms with Crippen molar-refractivity contribution in [2.24, 2.45) is 17.8 Å². The van der Waals surface area contributed by atoms with E-state index in [9.17, 15) is 5.11 Å². The van der Waals surface area contributed by atoms with Gasteiger partial charge in [-0.15, -0.1) is 0 Å². The Morgan fingerprint density at radius 1 is 1.08 bits per heavy atom. The van der Waals surface area contributed by atoms with Gasteiger partial charge in [0.2, 0.25) is 0 Å². The second kappa shape index (κ2) is 6.58. The number of phenols is 1. The summed E-state index contributed by atoms with van der Waals surface area (Å²) < 4.78 is 0. The minimum absolute atomic E-state index is 0.0247. The number of aryl methyl sites for hydroxylation is 1. The highest BCUT2D eigenvalue weighted by Gasteiger charge is 2.56. The zero-order valence-electron chi connectivity index (χ0n) is 18.2. The normalized spacial score (nSPS) is 35.0. The Hall–Kier alpha value is -0.413. The van der Waals surface area contributed by atoms with Gasteiger partial charge >= 0.3 is 0 Å². The maximum Gasteiger partial charge on any atom is 0.118 e. The molecule has 1 saturated carbocycles. The third-order valence-corrected chi connectivity index (χ3v) is 13.6. The topological polar surface area (TPSA) is 20.2 Å². The molecule has 6 atom stereocenters. The van der Waals surface area contributed by atoms with Gasteiger partial charge in [0.1, 0.15) is 5.75 Å². The van der Waals surface area contributed by atoms with Crippen LogP contribution in [0.25, 0.3) is 0 Å². The highest BCUT2D eigenvalue weighted by Crippen LogP contribution is 2.61. The fourth-order valence-electron chi connectivity index (χ4n) is 5.91. The molecule has 1 aromatic rings. The van der Waals surface area contributed by atoms with Crippen molar-refractivity contribution in [1.82, 2.24) is 0 Å². The standard InChI is InChI=1S/C23H38OSSi/c1-13-10-18(23(5,6)7)20(24)19(11-13)26(8,9)22-16(4)15(3)17-12-14(2)25-21(17)22/h10-11,14-17,21-22,24H,12H2,1-9H3. The van der Waals surface area contributed by atoms with E-state index in [2.05, 4.69) is 85.5 Å². The molecule has 1 aliphatic heterocycles. The van der Waals surface area contributed by atoms with Crippen LogP contribution in [-0.2, 0) is 5.41 Å². The van der Waals surface area contributed by atoms with Crippen molar-refractivity contribution >= 4 is 25.0 Å². The monoisotopic (exact) mass is 390 g/mol. The average Bonchev–Trinajstić information content (AvgIpc) is 2.97. The first kappa shape index (κ1) is 20.3. The lowest BCUT2D eigenvalue weighted by Crippen LogP contribution is -2.50. The molecule has 0 spiro atoms. The summed E-state index contributed by atoms with van der Waals surface area (Å²) >= 11 is 2.25. The number of hydrogen-bond donors (Lipinski definition) is 1. The van der Waals surface area contributed by atoms with Gasteiger partial charge in [0.15, 0.2) is 0 Å². The molecule has 1 nitrogen and oxygen atoms in total. The summed E-state index contributed by atoms with van der Waals surface area (Å²) in [7, 11) is -1.82. The fraction of sp³-hybridized carbons (Fsp3) is 0.739. The van der Waals surface area contributed by atoms with Crippen molar-refractivity contribution < 1.29 is 5.11 Å². The number of rotatable bonds is 2. The third kappa shape index (κ3) is 3.17. The largest absolute Gasteiger partial charge is 0.508 e. The number of phenolic OH excluding ortho intramolecular Hbond substituents is 1. The van der Waals surface area contributed by atoms with E-state index >= 15 is 0 Å². The predicted octanol–water partition coefficient (Wildman–Crippen LogP) is 6.08. The summed E-state index contributed by atoms with van der Waals surface area (Å²) in [4.78, 5) is 0. The molecule has 1 saturated heterocycles. The Morgan fingerprint density at radius 3 is 2.27 bits per heavy atom. The van der Waals surface area contributed by atoms with E-state index in [1.54, 1.807) is 0 Å². The Bertz CT molecular complexity index is 690. The van der Waals surface area contributed by atoms with Gasteiger partial charge in [-0.2, -0.15) is 11.8 Å². The van der Waals surface area contributed by atoms with Crippen molar-refractivity contribution in [1.29, 1.82) is 0 Å². The molecular formula is C23H38OSSi. The van der Waals surface area contributed by atoms with Gasteiger partial charge in [-0.3, -0.25) is 0 Å². The minimum Gasteiger partial charge on any atom is -0.508 e. The average molecular weight is 391 g/mol. The Morgan fingerprint density at radius 2 is 1.69 bits per heavy atom. The highest BCUT2D eigenvalue weighted by atomic mass is 32.2. The second-order valence-corrected chi connectivity index (χ2v) is 17.0. The van der Waals surface area contributed by atoms with E-state index in [0.29, 0.717) is 5.75 Å². The Kier molecular flexibility index (Phi) is 5.15. The van der Waals surface area contributed by atoms with Gasteiger partial charge in [-0.25, -0.2) is 0 Å². The van der Waals surface area contributed by atoms with Crippen molar-refractivity contribution in [3.05, 3.63) is 23.3 Å². The number of aromatic hydroxyl groups is 1. The molecule has 26 heavy (non-hydrogen) atoms. The zero-order valence-corrected chi connectivity index (χ0v) is 20.0. The van der Waals surface area contributed by atoms with E-state index in [1.807, 2.05) is 0 Å². The summed E-state index contributed by atoms with van der Waals surface area (Å²) in [5.74, 6) is 3.03. The van der Waals surface area contributed by atoms with Gasteiger partial charge in [0.05, 0.1) is 8.07 Å². The maximum absolute atomic E-state index is 11.3. The molecule has 1 heterocycles. The SMILES string of the molecule is Cc1cc(C(C)(C)C)c(O)c([Si](C)(C)C2C(C)C(C)C3CC(C)SC32)c1. The number of hydrogen-bond acceptors (Lipinski definition) is 2. The van der Waals surface area contributed by atoms with Gasteiger partial charge in [-0.1, -0.05) is 72.3 Å². The second-order valence-electron chi connectivity index (χ2n) is 10.7. The van der Waals surface area contributed by atoms with Crippen LogP contribution in [0, 0.1) is 24.7 Å². The number of fused-ring (bicyclic) bond motifs is 1. The molecule has 1 aliphatic carbocycles.